The van der Waals surface area contributed by atoms with E-state index < -0.39 is 5.97 Å². The van der Waals surface area contributed by atoms with E-state index in [4.69, 9.17) is 10.8 Å². The highest BCUT2D eigenvalue weighted by Gasteiger charge is 2.19. The lowest BCUT2D eigenvalue weighted by Gasteiger charge is -2.20. The molecule has 5 nitrogen and oxygen atoms in total. The molecule has 84 valence electrons. The second kappa shape index (κ2) is 3.92. The molecule has 15 heavy (non-hydrogen) atoms. The summed E-state index contributed by atoms with van der Waals surface area (Å²) in [6.07, 6.45) is 2.15. The van der Waals surface area contributed by atoms with Gasteiger partial charge in [0.25, 0.3) is 0 Å². The van der Waals surface area contributed by atoms with Crippen molar-refractivity contribution in [1.82, 2.24) is 9.78 Å². The van der Waals surface area contributed by atoms with Crippen molar-refractivity contribution < 1.29 is 9.90 Å². The Balaban J connectivity index is 2.85. The van der Waals surface area contributed by atoms with Gasteiger partial charge in [0.1, 0.15) is 5.82 Å². The van der Waals surface area contributed by atoms with E-state index in [9.17, 15) is 4.79 Å². The summed E-state index contributed by atoms with van der Waals surface area (Å²) in [5, 5.41) is 12.7. The lowest BCUT2D eigenvalue weighted by Crippen LogP contribution is -2.24. The number of carboxylic acid groups (broad SMARTS) is 1. The summed E-state index contributed by atoms with van der Waals surface area (Å²) < 4.78 is 1.71. The van der Waals surface area contributed by atoms with E-state index in [1.54, 1.807) is 10.9 Å². The van der Waals surface area contributed by atoms with E-state index in [2.05, 4.69) is 5.10 Å². The molecule has 0 saturated heterocycles. The quantitative estimate of drug-likeness (QED) is 0.788. The third-order valence-electron chi connectivity index (χ3n) is 2.13. The highest BCUT2D eigenvalue weighted by Crippen LogP contribution is 2.21. The third-order valence-corrected chi connectivity index (χ3v) is 2.13. The molecular weight excluding hydrogens is 194 g/mol. The van der Waals surface area contributed by atoms with Crippen LogP contribution in [0.15, 0.2) is 6.20 Å². The Morgan fingerprint density at radius 3 is 2.60 bits per heavy atom. The van der Waals surface area contributed by atoms with Crippen LogP contribution in [0.3, 0.4) is 0 Å². The van der Waals surface area contributed by atoms with Gasteiger partial charge in [0.2, 0.25) is 0 Å². The first-order valence-corrected chi connectivity index (χ1v) is 4.87. The van der Waals surface area contributed by atoms with Gasteiger partial charge in [-0.15, -0.1) is 0 Å². The van der Waals surface area contributed by atoms with Crippen molar-refractivity contribution in [2.75, 3.05) is 5.73 Å². The number of aryl methyl sites for hydroxylation is 1. The first kappa shape index (κ1) is 11.6. The Hall–Kier alpha value is -1.52. The summed E-state index contributed by atoms with van der Waals surface area (Å²) in [6, 6.07) is 0. The normalized spacial score (nSPS) is 11.7. The fraction of sp³-hybridized carbons (Fsp3) is 0.600. The number of hydrogen-bond donors (Lipinski definition) is 2. The predicted molar refractivity (Wildman–Crippen MR) is 57.6 cm³/mol. The summed E-state index contributed by atoms with van der Waals surface area (Å²) in [5.74, 6) is -0.262. The maximum atomic E-state index is 10.4. The monoisotopic (exact) mass is 211 g/mol. The first-order valence-electron chi connectivity index (χ1n) is 4.87. The molecule has 0 radical (unpaired) electrons. The number of rotatable bonds is 3. The molecule has 5 heteroatoms. The molecular formula is C10H17N3O2. The van der Waals surface area contributed by atoms with Gasteiger partial charge in [-0.25, -0.2) is 4.68 Å². The summed E-state index contributed by atoms with van der Waals surface area (Å²) in [7, 11) is 0. The molecule has 0 saturated carbocycles. The van der Waals surface area contributed by atoms with Gasteiger partial charge in [0.15, 0.2) is 0 Å². The lowest BCUT2D eigenvalue weighted by molar-refractivity contribution is -0.136. The van der Waals surface area contributed by atoms with E-state index in [0.29, 0.717) is 12.2 Å². The third kappa shape index (κ3) is 2.71. The van der Waals surface area contributed by atoms with Crippen molar-refractivity contribution in [3.05, 3.63) is 11.8 Å². The van der Waals surface area contributed by atoms with Gasteiger partial charge in [0.05, 0.1) is 11.7 Å². The number of aliphatic carboxylic acids is 1. The molecule has 1 heterocycles. The first-order chi connectivity index (χ1) is 6.82. The van der Waals surface area contributed by atoms with Crippen LogP contribution < -0.4 is 5.73 Å². The predicted octanol–water partition coefficient (Wildman–Crippen LogP) is 1.24. The van der Waals surface area contributed by atoms with Gasteiger partial charge >= 0.3 is 5.97 Å². The Labute approximate surface area is 88.9 Å². The molecule has 0 aliphatic carbocycles. The summed E-state index contributed by atoms with van der Waals surface area (Å²) in [6.45, 7) is 5.99. The smallest absolute Gasteiger partial charge is 0.303 e. The zero-order valence-corrected chi connectivity index (χ0v) is 9.32. The second-order valence-corrected chi connectivity index (χ2v) is 4.53. The van der Waals surface area contributed by atoms with Crippen molar-refractivity contribution in [2.45, 2.75) is 39.2 Å². The van der Waals surface area contributed by atoms with Crippen LogP contribution in [0.5, 0.6) is 0 Å². The van der Waals surface area contributed by atoms with Gasteiger partial charge in [-0.1, -0.05) is 0 Å². The number of aromatic nitrogens is 2. The molecule has 0 atom stereocenters. The average Bonchev–Trinajstić information content (AvgIpc) is 2.42. The van der Waals surface area contributed by atoms with Crippen LogP contribution >= 0.6 is 0 Å². The summed E-state index contributed by atoms with van der Waals surface area (Å²) >= 11 is 0. The van der Waals surface area contributed by atoms with Gasteiger partial charge in [-0.2, -0.15) is 5.10 Å². The van der Waals surface area contributed by atoms with Crippen molar-refractivity contribution in [3.8, 4) is 0 Å². The summed E-state index contributed by atoms with van der Waals surface area (Å²) in [5.41, 5.74) is 6.51. The Morgan fingerprint density at radius 1 is 1.60 bits per heavy atom. The zero-order chi connectivity index (χ0) is 11.6. The minimum Gasteiger partial charge on any atom is -0.481 e. The molecule has 0 bridgehead atoms. The molecule has 0 aliphatic rings. The summed E-state index contributed by atoms with van der Waals surface area (Å²) in [4.78, 5) is 10.4. The van der Waals surface area contributed by atoms with E-state index >= 15 is 0 Å². The van der Waals surface area contributed by atoms with Gasteiger partial charge in [0, 0.05) is 12.0 Å². The standard InChI is InChI=1S/C10H17N3O2/c1-10(2,3)13-9(11)7(6-12-13)4-5-8(14)15/h6H,4-5,11H2,1-3H3,(H,14,15). The number of hydrogen-bond acceptors (Lipinski definition) is 3. The van der Waals surface area contributed by atoms with Crippen molar-refractivity contribution >= 4 is 11.8 Å². The molecule has 0 unspecified atom stereocenters. The van der Waals surface area contributed by atoms with Crippen LogP contribution in [0.4, 0.5) is 5.82 Å². The van der Waals surface area contributed by atoms with E-state index in [1.165, 1.54) is 0 Å². The number of carboxylic acids is 1. The highest BCUT2D eigenvalue weighted by molar-refractivity contribution is 5.67. The molecule has 0 fully saturated rings. The van der Waals surface area contributed by atoms with Crippen LogP contribution in [0, 0.1) is 0 Å². The van der Waals surface area contributed by atoms with E-state index in [-0.39, 0.29) is 12.0 Å². The fourth-order valence-corrected chi connectivity index (χ4v) is 1.36. The topological polar surface area (TPSA) is 81.1 Å². The van der Waals surface area contributed by atoms with Crippen molar-refractivity contribution in [1.29, 1.82) is 0 Å². The maximum absolute atomic E-state index is 10.4. The number of carbonyl (C=O) groups is 1. The number of nitrogens with zero attached hydrogens (tertiary/aromatic N) is 2. The molecule has 0 aliphatic heterocycles. The molecule has 0 aromatic carbocycles. The van der Waals surface area contributed by atoms with Gasteiger partial charge < -0.3 is 10.8 Å². The zero-order valence-electron chi connectivity index (χ0n) is 9.32. The van der Waals surface area contributed by atoms with Gasteiger partial charge in [-0.3, -0.25) is 4.79 Å². The number of nitrogen functional groups attached to an aromatic ring is 1. The molecule has 1 aromatic heterocycles. The van der Waals surface area contributed by atoms with E-state index in [0.717, 1.165) is 5.56 Å². The lowest BCUT2D eigenvalue weighted by atomic mass is 10.1. The largest absolute Gasteiger partial charge is 0.481 e. The van der Waals surface area contributed by atoms with Crippen LogP contribution in [-0.2, 0) is 16.8 Å². The van der Waals surface area contributed by atoms with Crippen LogP contribution in [0.1, 0.15) is 32.8 Å². The van der Waals surface area contributed by atoms with Crippen LogP contribution in [-0.4, -0.2) is 20.9 Å². The Bertz CT molecular complexity index is 363. The molecule has 1 rings (SSSR count). The maximum Gasteiger partial charge on any atom is 0.303 e. The molecule has 1 aromatic rings. The average molecular weight is 211 g/mol. The highest BCUT2D eigenvalue weighted by atomic mass is 16.4. The minimum absolute atomic E-state index is 0.0834. The second-order valence-electron chi connectivity index (χ2n) is 4.53. The molecule has 0 amide bonds. The number of nitrogens with two attached hydrogens (primary N) is 1. The Kier molecular flexibility index (Phi) is 3.02. The van der Waals surface area contributed by atoms with Crippen molar-refractivity contribution in [3.63, 3.8) is 0 Å². The minimum atomic E-state index is -0.821. The Morgan fingerprint density at radius 2 is 2.20 bits per heavy atom. The van der Waals surface area contributed by atoms with Crippen molar-refractivity contribution in [2.24, 2.45) is 0 Å². The van der Waals surface area contributed by atoms with Crippen LogP contribution in [0.2, 0.25) is 0 Å². The SMILES string of the molecule is CC(C)(C)n1ncc(CCC(=O)O)c1N. The van der Waals surface area contributed by atoms with Gasteiger partial charge in [-0.05, 0) is 27.2 Å². The molecule has 0 spiro atoms. The fourth-order valence-electron chi connectivity index (χ4n) is 1.36. The molecule has 3 N–H and O–H groups in total. The number of anilines is 1. The van der Waals surface area contributed by atoms with E-state index in [1.807, 2.05) is 20.8 Å². The van der Waals surface area contributed by atoms with Crippen LogP contribution in [0.25, 0.3) is 0 Å².